The fourth-order valence-electron chi connectivity index (χ4n) is 3.33. The van der Waals surface area contributed by atoms with Crippen LogP contribution in [0.25, 0.3) is 0 Å². The predicted molar refractivity (Wildman–Crippen MR) is 81.2 cm³/mol. The van der Waals surface area contributed by atoms with Gasteiger partial charge in [-0.3, -0.25) is 0 Å². The van der Waals surface area contributed by atoms with Gasteiger partial charge < -0.3 is 9.31 Å². The summed E-state index contributed by atoms with van der Waals surface area (Å²) in [6.45, 7) is 12.5. The van der Waals surface area contributed by atoms with Crippen molar-refractivity contribution in [3.05, 3.63) is 12.7 Å². The maximum absolute atomic E-state index is 6.12. The Hall–Kier alpha value is -0.275. The van der Waals surface area contributed by atoms with Crippen LogP contribution in [0.2, 0.25) is 6.32 Å². The lowest BCUT2D eigenvalue weighted by molar-refractivity contribution is 0.00578. The summed E-state index contributed by atoms with van der Waals surface area (Å²) in [6.07, 6.45) is 9.92. The third-order valence-electron chi connectivity index (χ3n) is 5.32. The van der Waals surface area contributed by atoms with E-state index in [-0.39, 0.29) is 18.3 Å². The van der Waals surface area contributed by atoms with Crippen LogP contribution in [0.3, 0.4) is 0 Å². The smallest absolute Gasteiger partial charge is 0.403 e. The summed E-state index contributed by atoms with van der Waals surface area (Å²) in [4.78, 5) is 0. The molecule has 1 aliphatic heterocycles. The van der Waals surface area contributed by atoms with Gasteiger partial charge in [-0.2, -0.15) is 0 Å². The van der Waals surface area contributed by atoms with Gasteiger partial charge >= 0.3 is 7.12 Å². The van der Waals surface area contributed by atoms with Crippen molar-refractivity contribution in [2.75, 3.05) is 0 Å². The minimum atomic E-state index is -0.212. The van der Waals surface area contributed by atoms with Crippen molar-refractivity contribution in [2.24, 2.45) is 11.8 Å². The molecule has 1 saturated heterocycles. The van der Waals surface area contributed by atoms with Crippen molar-refractivity contribution in [1.29, 1.82) is 0 Å². The second-order valence-corrected chi connectivity index (χ2v) is 7.22. The summed E-state index contributed by atoms with van der Waals surface area (Å²) in [5, 5.41) is 0. The molecule has 1 atom stereocenters. The maximum Gasteiger partial charge on any atom is 0.458 e. The quantitative estimate of drug-likeness (QED) is 0.551. The largest absolute Gasteiger partial charge is 0.458 e. The molecule has 2 nitrogen and oxygen atoms in total. The highest BCUT2D eigenvalue weighted by molar-refractivity contribution is 6.45. The Kier molecular flexibility index (Phi) is 4.47. The normalized spacial score (nSPS) is 28.3. The van der Waals surface area contributed by atoms with Gasteiger partial charge in [0.05, 0.1) is 11.2 Å². The highest BCUT2D eigenvalue weighted by atomic mass is 16.7. The van der Waals surface area contributed by atoms with Crippen LogP contribution in [-0.4, -0.2) is 18.3 Å². The van der Waals surface area contributed by atoms with E-state index in [1.807, 2.05) is 0 Å². The van der Waals surface area contributed by atoms with E-state index in [1.165, 1.54) is 32.1 Å². The van der Waals surface area contributed by atoms with Crippen LogP contribution < -0.4 is 0 Å². The van der Waals surface area contributed by atoms with Crippen LogP contribution in [0.5, 0.6) is 0 Å². The van der Waals surface area contributed by atoms with E-state index in [0.29, 0.717) is 5.92 Å². The van der Waals surface area contributed by atoms with Gasteiger partial charge in [0, 0.05) is 0 Å². The molecule has 1 unspecified atom stereocenters. The molecule has 2 fully saturated rings. The summed E-state index contributed by atoms with van der Waals surface area (Å²) in [7, 11) is -0.0741. The van der Waals surface area contributed by atoms with Crippen LogP contribution in [0, 0.1) is 11.8 Å². The van der Waals surface area contributed by atoms with Crippen molar-refractivity contribution in [1.82, 2.24) is 0 Å². The summed E-state index contributed by atoms with van der Waals surface area (Å²) in [5.41, 5.74) is -0.425. The lowest BCUT2D eigenvalue weighted by Crippen LogP contribution is -2.41. The molecule has 0 N–H and O–H groups in total. The van der Waals surface area contributed by atoms with Crippen molar-refractivity contribution in [3.63, 3.8) is 0 Å². The van der Waals surface area contributed by atoms with Gasteiger partial charge in [-0.1, -0.05) is 25.3 Å². The van der Waals surface area contributed by atoms with Gasteiger partial charge in [-0.05, 0) is 58.7 Å². The summed E-state index contributed by atoms with van der Waals surface area (Å²) < 4.78 is 12.2. The Labute approximate surface area is 119 Å². The van der Waals surface area contributed by atoms with Crippen LogP contribution >= 0.6 is 0 Å². The molecular weight excluding hydrogens is 235 g/mol. The van der Waals surface area contributed by atoms with Crippen molar-refractivity contribution in [3.8, 4) is 0 Å². The molecule has 0 aromatic carbocycles. The zero-order valence-corrected chi connectivity index (χ0v) is 13.1. The molecular formula is C16H29BO2. The average molecular weight is 264 g/mol. The Bertz CT molecular complexity index is 303. The van der Waals surface area contributed by atoms with Gasteiger partial charge in [0.25, 0.3) is 0 Å². The second kappa shape index (κ2) is 5.61. The molecule has 0 amide bonds. The van der Waals surface area contributed by atoms with E-state index >= 15 is 0 Å². The molecule has 2 rings (SSSR count). The first-order valence-corrected chi connectivity index (χ1v) is 7.84. The Balaban J connectivity index is 1.94. The van der Waals surface area contributed by atoms with Crippen molar-refractivity contribution in [2.45, 2.75) is 77.3 Å². The fraction of sp³-hybridized carbons (Fsp3) is 0.875. The first-order valence-electron chi connectivity index (χ1n) is 7.84. The first kappa shape index (κ1) is 15.1. The highest BCUT2D eigenvalue weighted by Gasteiger charge is 2.51. The minimum Gasteiger partial charge on any atom is -0.403 e. The highest BCUT2D eigenvalue weighted by Crippen LogP contribution is 2.41. The zero-order chi connectivity index (χ0) is 14.1. The minimum absolute atomic E-state index is 0.0741. The fourth-order valence-corrected chi connectivity index (χ4v) is 3.33. The molecule has 1 aliphatic carbocycles. The lowest BCUT2D eigenvalue weighted by Gasteiger charge is -2.32. The van der Waals surface area contributed by atoms with Crippen molar-refractivity contribution >= 4 is 7.12 Å². The van der Waals surface area contributed by atoms with E-state index in [9.17, 15) is 0 Å². The molecule has 1 saturated carbocycles. The molecule has 2 aliphatic rings. The second-order valence-electron chi connectivity index (χ2n) is 7.22. The maximum atomic E-state index is 6.12. The van der Waals surface area contributed by atoms with Crippen LogP contribution in [0.15, 0.2) is 12.7 Å². The molecule has 3 heteroatoms. The Morgan fingerprint density at radius 2 is 1.63 bits per heavy atom. The van der Waals surface area contributed by atoms with Gasteiger partial charge in [0.2, 0.25) is 0 Å². The van der Waals surface area contributed by atoms with Gasteiger partial charge in [-0.15, -0.1) is 6.58 Å². The van der Waals surface area contributed by atoms with Gasteiger partial charge in [0.1, 0.15) is 0 Å². The monoisotopic (exact) mass is 264 g/mol. The SMILES string of the molecule is C=CC(CB1OC(C)(C)C(C)(C)O1)C1CCCCC1. The molecule has 108 valence electrons. The van der Waals surface area contributed by atoms with E-state index in [2.05, 4.69) is 40.3 Å². The third kappa shape index (κ3) is 3.25. The van der Waals surface area contributed by atoms with Crippen LogP contribution in [0.4, 0.5) is 0 Å². The Morgan fingerprint density at radius 1 is 1.11 bits per heavy atom. The van der Waals surface area contributed by atoms with Gasteiger partial charge in [-0.25, -0.2) is 0 Å². The summed E-state index contributed by atoms with van der Waals surface area (Å²) >= 11 is 0. The predicted octanol–water partition coefficient (Wildman–Crippen LogP) is 4.46. The molecule has 1 heterocycles. The number of hydrogen-bond donors (Lipinski definition) is 0. The molecule has 0 radical (unpaired) electrons. The van der Waals surface area contributed by atoms with Crippen molar-refractivity contribution < 1.29 is 9.31 Å². The average Bonchev–Trinajstić information content (AvgIpc) is 2.56. The van der Waals surface area contributed by atoms with Crippen LogP contribution in [0.1, 0.15) is 59.8 Å². The topological polar surface area (TPSA) is 18.5 Å². The standard InChI is InChI=1S/C16H29BO2/c1-6-13(14-10-8-7-9-11-14)12-17-18-15(2,3)16(4,5)19-17/h6,13-14H,1,7-12H2,2-5H3. The molecule has 0 aromatic rings. The molecule has 0 bridgehead atoms. The summed E-state index contributed by atoms with van der Waals surface area (Å²) in [6, 6.07) is 0. The van der Waals surface area contributed by atoms with E-state index < -0.39 is 0 Å². The number of rotatable bonds is 4. The Morgan fingerprint density at radius 3 is 2.11 bits per heavy atom. The van der Waals surface area contributed by atoms with Crippen LogP contribution in [-0.2, 0) is 9.31 Å². The molecule has 0 aromatic heterocycles. The first-order chi connectivity index (χ1) is 8.86. The zero-order valence-electron chi connectivity index (χ0n) is 13.1. The number of allylic oxidation sites excluding steroid dienone is 1. The van der Waals surface area contributed by atoms with E-state index in [1.54, 1.807) is 0 Å². The lowest BCUT2D eigenvalue weighted by atomic mass is 9.69. The van der Waals surface area contributed by atoms with Gasteiger partial charge in [0.15, 0.2) is 0 Å². The number of hydrogen-bond acceptors (Lipinski definition) is 2. The summed E-state index contributed by atoms with van der Waals surface area (Å²) in [5.74, 6) is 1.32. The van der Waals surface area contributed by atoms with E-state index in [4.69, 9.17) is 9.31 Å². The molecule has 0 spiro atoms. The third-order valence-corrected chi connectivity index (χ3v) is 5.32. The molecule has 19 heavy (non-hydrogen) atoms. The van der Waals surface area contributed by atoms with E-state index in [0.717, 1.165) is 12.2 Å².